The Morgan fingerprint density at radius 2 is 1.46 bits per heavy atom. The average Bonchev–Trinajstić information content (AvgIpc) is 2.88. The molecule has 0 aromatic heterocycles. The van der Waals surface area contributed by atoms with Crippen LogP contribution in [0.25, 0.3) is 5.57 Å². The Labute approximate surface area is 211 Å². The molecular formula is C23H32N2O12. The summed E-state index contributed by atoms with van der Waals surface area (Å²) in [6.45, 7) is -1.12. The summed E-state index contributed by atoms with van der Waals surface area (Å²) in [5.41, 5.74) is 1.04. The second-order valence-corrected chi connectivity index (χ2v) is 9.25. The number of aliphatic hydroxyl groups is 8. The molecule has 2 fully saturated rings. The van der Waals surface area contributed by atoms with E-state index in [0.29, 0.717) is 11.1 Å². The van der Waals surface area contributed by atoms with Crippen LogP contribution in [0, 0.1) is 5.92 Å². The molecule has 10 N–H and O–H groups in total. The standard InChI is InChI=1S/C23H32N2O12/c26-7-14-16(28)11(5-13-18(30)20(32)19(31)15(8-27)36-13)17(29)22(37-14)35-10-3-1-9(2-4-10)12-6-24-23(34)25-21(12)33/h1-4,11,13-20,22,26-33H,5-8H2,(H2,24,25,34)/t11-,13+,14+,15+,16-,17-,18+,19+,20+,22-/m0/s1. The molecule has 0 aliphatic carbocycles. The maximum atomic E-state index is 11.3. The highest BCUT2D eigenvalue weighted by molar-refractivity contribution is 5.84. The van der Waals surface area contributed by atoms with E-state index in [1.807, 2.05) is 0 Å². The number of aliphatic hydroxyl groups excluding tert-OH is 8. The minimum absolute atomic E-state index is 0.109. The van der Waals surface area contributed by atoms with E-state index in [2.05, 4.69) is 10.6 Å². The first-order valence-corrected chi connectivity index (χ1v) is 11.8. The van der Waals surface area contributed by atoms with Crippen molar-refractivity contribution >= 4 is 11.6 Å². The quantitative estimate of drug-likeness (QED) is 0.170. The molecule has 0 bridgehead atoms. The predicted molar refractivity (Wildman–Crippen MR) is 123 cm³/mol. The third-order valence-corrected chi connectivity index (χ3v) is 6.92. The van der Waals surface area contributed by atoms with Crippen molar-refractivity contribution in [1.82, 2.24) is 10.6 Å². The fourth-order valence-electron chi connectivity index (χ4n) is 4.77. The van der Waals surface area contributed by atoms with Gasteiger partial charge in [0.15, 0.2) is 5.88 Å². The maximum Gasteiger partial charge on any atom is 0.321 e. The largest absolute Gasteiger partial charge is 0.494 e. The van der Waals surface area contributed by atoms with Crippen LogP contribution in [0.1, 0.15) is 12.0 Å². The molecule has 2 amide bonds. The number of ether oxygens (including phenoxy) is 3. The number of hydrogen-bond acceptors (Lipinski definition) is 12. The van der Waals surface area contributed by atoms with Gasteiger partial charge in [0.05, 0.1) is 32.0 Å². The van der Waals surface area contributed by atoms with Gasteiger partial charge in [-0.1, -0.05) is 12.1 Å². The normalized spacial score (nSPS) is 38.6. The molecule has 1 aromatic carbocycles. The molecule has 1 aromatic rings. The lowest BCUT2D eigenvalue weighted by atomic mass is 9.81. The first kappa shape index (κ1) is 27.5. The zero-order valence-corrected chi connectivity index (χ0v) is 19.6. The molecule has 14 nitrogen and oxygen atoms in total. The summed E-state index contributed by atoms with van der Waals surface area (Å²) in [5.74, 6) is -1.07. The smallest absolute Gasteiger partial charge is 0.321 e. The number of carbonyl (C=O) groups is 1. The van der Waals surface area contributed by atoms with Gasteiger partial charge in [0.25, 0.3) is 0 Å². The van der Waals surface area contributed by atoms with Gasteiger partial charge in [0.1, 0.15) is 42.4 Å². The first-order valence-electron chi connectivity index (χ1n) is 11.8. The van der Waals surface area contributed by atoms with Crippen LogP contribution in [0.2, 0.25) is 0 Å². The maximum absolute atomic E-state index is 11.3. The molecule has 3 aliphatic rings. The van der Waals surface area contributed by atoms with Crippen LogP contribution in [0.15, 0.2) is 30.1 Å². The second-order valence-electron chi connectivity index (χ2n) is 9.25. The van der Waals surface area contributed by atoms with Crippen LogP contribution in [0.3, 0.4) is 0 Å². The number of rotatable bonds is 7. The van der Waals surface area contributed by atoms with Crippen LogP contribution in [0.5, 0.6) is 5.75 Å². The van der Waals surface area contributed by atoms with Gasteiger partial charge in [-0.05, 0) is 24.1 Å². The summed E-state index contributed by atoms with van der Waals surface area (Å²) < 4.78 is 16.8. The second kappa shape index (κ2) is 11.5. The van der Waals surface area contributed by atoms with Gasteiger partial charge in [-0.25, -0.2) is 4.79 Å². The molecule has 0 spiro atoms. The summed E-state index contributed by atoms with van der Waals surface area (Å²) >= 11 is 0. The van der Waals surface area contributed by atoms with Crippen LogP contribution < -0.4 is 15.4 Å². The Balaban J connectivity index is 1.48. The van der Waals surface area contributed by atoms with Crippen LogP contribution >= 0.6 is 0 Å². The fraction of sp³-hybridized carbons (Fsp3) is 0.609. The summed E-state index contributed by atoms with van der Waals surface area (Å²) in [5, 5.41) is 86.0. The van der Waals surface area contributed by atoms with Gasteiger partial charge in [-0.3, -0.25) is 5.32 Å². The zero-order chi connectivity index (χ0) is 26.9. The molecule has 206 valence electrons. The Morgan fingerprint density at radius 1 is 0.838 bits per heavy atom. The van der Waals surface area contributed by atoms with Crippen molar-refractivity contribution in [2.24, 2.45) is 5.92 Å². The van der Waals surface area contributed by atoms with E-state index in [4.69, 9.17) is 14.2 Å². The SMILES string of the molecule is O=C1NCC(c2ccc(O[C@H]3O[C@H](CO)[C@@H](O)[C@H](C[C@H]4O[C@H](CO)[C@@H](O)[C@H](O)[C@@H]4O)[C@@H]3O)cc2)=C(O)N1. The van der Waals surface area contributed by atoms with E-state index in [1.54, 1.807) is 12.1 Å². The molecule has 37 heavy (non-hydrogen) atoms. The van der Waals surface area contributed by atoms with Gasteiger partial charge in [0, 0.05) is 11.5 Å². The van der Waals surface area contributed by atoms with Gasteiger partial charge in [-0.15, -0.1) is 0 Å². The van der Waals surface area contributed by atoms with Gasteiger partial charge < -0.3 is 60.4 Å². The van der Waals surface area contributed by atoms with Gasteiger partial charge >= 0.3 is 6.03 Å². The summed E-state index contributed by atoms with van der Waals surface area (Å²) in [6.07, 6.45) is -12.6. The molecule has 14 heteroatoms. The Bertz CT molecular complexity index is 973. The lowest BCUT2D eigenvalue weighted by Gasteiger charge is -2.46. The van der Waals surface area contributed by atoms with Crippen LogP contribution in [-0.4, -0.2) is 122 Å². The fourth-order valence-corrected chi connectivity index (χ4v) is 4.77. The van der Waals surface area contributed by atoms with E-state index in [9.17, 15) is 45.6 Å². The van der Waals surface area contributed by atoms with Crippen molar-refractivity contribution in [1.29, 1.82) is 0 Å². The highest BCUT2D eigenvalue weighted by atomic mass is 16.7. The van der Waals surface area contributed by atoms with E-state index in [-0.39, 0.29) is 24.6 Å². The monoisotopic (exact) mass is 528 g/mol. The highest BCUT2D eigenvalue weighted by Gasteiger charge is 2.50. The first-order chi connectivity index (χ1) is 17.6. The van der Waals surface area contributed by atoms with Crippen molar-refractivity contribution in [2.45, 2.75) is 61.5 Å². The molecule has 0 radical (unpaired) electrons. The molecular weight excluding hydrogens is 496 g/mol. The Hall–Kier alpha value is -2.53. The predicted octanol–water partition coefficient (Wildman–Crippen LogP) is -3.11. The summed E-state index contributed by atoms with van der Waals surface area (Å²) in [7, 11) is 0. The molecule has 0 unspecified atom stereocenters. The van der Waals surface area contributed by atoms with Gasteiger partial charge in [0.2, 0.25) is 6.29 Å². The molecule has 0 saturated carbocycles. The number of nitrogens with one attached hydrogen (secondary N) is 2. The minimum atomic E-state index is -1.62. The highest BCUT2D eigenvalue weighted by Crippen LogP contribution is 2.35. The molecule has 2 saturated heterocycles. The van der Waals surface area contributed by atoms with Crippen LogP contribution in [0.4, 0.5) is 4.79 Å². The van der Waals surface area contributed by atoms with E-state index >= 15 is 0 Å². The Kier molecular flexibility index (Phi) is 8.52. The van der Waals surface area contributed by atoms with Crippen molar-refractivity contribution in [3.8, 4) is 5.75 Å². The van der Waals surface area contributed by atoms with Crippen molar-refractivity contribution < 1.29 is 59.9 Å². The third-order valence-electron chi connectivity index (χ3n) is 6.92. The number of amides is 2. The Morgan fingerprint density at radius 3 is 2.08 bits per heavy atom. The lowest BCUT2D eigenvalue weighted by molar-refractivity contribution is -0.278. The molecule has 10 atom stereocenters. The van der Waals surface area contributed by atoms with Crippen molar-refractivity contribution in [3.63, 3.8) is 0 Å². The number of urea groups is 1. The van der Waals surface area contributed by atoms with Crippen molar-refractivity contribution in [3.05, 3.63) is 35.7 Å². The third kappa shape index (κ3) is 5.67. The van der Waals surface area contributed by atoms with Crippen LogP contribution in [-0.2, 0) is 9.47 Å². The molecule has 3 aliphatic heterocycles. The van der Waals surface area contributed by atoms with E-state index < -0.39 is 80.3 Å². The van der Waals surface area contributed by atoms with Crippen molar-refractivity contribution in [2.75, 3.05) is 19.8 Å². The lowest BCUT2D eigenvalue weighted by Crippen LogP contribution is -2.62. The van der Waals surface area contributed by atoms with Gasteiger partial charge in [-0.2, -0.15) is 0 Å². The zero-order valence-electron chi connectivity index (χ0n) is 19.6. The summed E-state index contributed by atoms with van der Waals surface area (Å²) in [4.78, 5) is 11.3. The number of benzene rings is 1. The minimum Gasteiger partial charge on any atom is -0.494 e. The molecule has 3 heterocycles. The summed E-state index contributed by atoms with van der Waals surface area (Å²) in [6, 6.07) is 5.77. The number of hydrogen-bond donors (Lipinski definition) is 10. The average molecular weight is 529 g/mol. The topological polar surface area (TPSA) is 231 Å². The molecule has 4 rings (SSSR count). The van der Waals surface area contributed by atoms with E-state index in [0.717, 1.165) is 0 Å². The van der Waals surface area contributed by atoms with E-state index in [1.165, 1.54) is 12.1 Å². The number of carbonyl (C=O) groups excluding carboxylic acids is 1.